The Labute approximate surface area is 116 Å². The Kier molecular flexibility index (Phi) is 7.34. The summed E-state index contributed by atoms with van der Waals surface area (Å²) < 4.78 is 4.84. The Balaban J connectivity index is 2.26. The maximum atomic E-state index is 11.3. The van der Waals surface area contributed by atoms with Crippen molar-refractivity contribution in [2.75, 3.05) is 39.8 Å². The third kappa shape index (κ3) is 5.89. The molecule has 112 valence electrons. The summed E-state index contributed by atoms with van der Waals surface area (Å²) in [6.45, 7) is 8.23. The van der Waals surface area contributed by atoms with Crippen LogP contribution in [0.2, 0.25) is 0 Å². The van der Waals surface area contributed by atoms with Crippen molar-refractivity contribution in [3.05, 3.63) is 0 Å². The van der Waals surface area contributed by atoms with Gasteiger partial charge in [-0.3, -0.25) is 4.79 Å². The molecule has 0 bridgehead atoms. The molecule has 1 aliphatic heterocycles. The molecule has 5 nitrogen and oxygen atoms in total. The first-order valence-corrected chi connectivity index (χ1v) is 7.33. The zero-order valence-corrected chi connectivity index (χ0v) is 12.5. The van der Waals surface area contributed by atoms with Crippen molar-refractivity contribution in [3.63, 3.8) is 0 Å². The topological polar surface area (TPSA) is 53.0 Å². The highest BCUT2D eigenvalue weighted by atomic mass is 16.5. The second-order valence-electron chi connectivity index (χ2n) is 5.27. The van der Waals surface area contributed by atoms with Crippen molar-refractivity contribution >= 4 is 5.97 Å². The lowest BCUT2D eigenvalue weighted by atomic mass is 10.0. The molecular formula is C14H28N2O3. The molecule has 0 radical (unpaired) electrons. The van der Waals surface area contributed by atoms with E-state index in [0.29, 0.717) is 19.2 Å². The Hall–Kier alpha value is -0.650. The van der Waals surface area contributed by atoms with Gasteiger partial charge in [-0.2, -0.15) is 0 Å². The molecule has 1 fully saturated rings. The molecule has 1 unspecified atom stereocenters. The van der Waals surface area contributed by atoms with Gasteiger partial charge in [-0.05, 0) is 46.4 Å². The van der Waals surface area contributed by atoms with E-state index in [0.717, 1.165) is 32.5 Å². The van der Waals surface area contributed by atoms with E-state index in [4.69, 9.17) is 4.74 Å². The third-order valence-corrected chi connectivity index (χ3v) is 3.83. The molecule has 19 heavy (non-hydrogen) atoms. The van der Waals surface area contributed by atoms with Crippen LogP contribution in [0, 0.1) is 0 Å². The average molecular weight is 272 g/mol. The highest BCUT2D eigenvalue weighted by molar-refractivity contribution is 5.69. The van der Waals surface area contributed by atoms with Gasteiger partial charge in [0.2, 0.25) is 0 Å². The molecule has 0 saturated carbocycles. The number of rotatable bonds is 7. The van der Waals surface area contributed by atoms with Crippen LogP contribution in [0.15, 0.2) is 0 Å². The number of hydrogen-bond donors (Lipinski definition) is 1. The number of ether oxygens (including phenoxy) is 1. The normalized spacial score (nSPS) is 19.6. The molecule has 1 aliphatic rings. The second-order valence-corrected chi connectivity index (χ2v) is 5.27. The van der Waals surface area contributed by atoms with Gasteiger partial charge < -0.3 is 19.6 Å². The first-order valence-electron chi connectivity index (χ1n) is 7.33. The molecule has 1 saturated heterocycles. The fourth-order valence-corrected chi connectivity index (χ4v) is 2.63. The monoisotopic (exact) mass is 272 g/mol. The van der Waals surface area contributed by atoms with E-state index in [2.05, 4.69) is 16.7 Å². The van der Waals surface area contributed by atoms with Crippen LogP contribution < -0.4 is 0 Å². The van der Waals surface area contributed by atoms with Gasteiger partial charge in [-0.15, -0.1) is 0 Å². The fourth-order valence-electron chi connectivity index (χ4n) is 2.63. The maximum absolute atomic E-state index is 11.3. The molecule has 1 N–H and O–H groups in total. The smallest absolute Gasteiger partial charge is 0.308 e. The largest absolute Gasteiger partial charge is 0.466 e. The number of hydrogen-bond acceptors (Lipinski definition) is 5. The number of nitrogens with zero attached hydrogens (tertiary/aromatic N) is 2. The third-order valence-electron chi connectivity index (χ3n) is 3.83. The van der Waals surface area contributed by atoms with Crippen LogP contribution in [0.4, 0.5) is 0 Å². The Morgan fingerprint density at radius 2 is 2.05 bits per heavy atom. The SMILES string of the molecule is CCOC(=O)CC(O)CN(C)C1CCN(CC)CC1. The lowest BCUT2D eigenvalue weighted by molar-refractivity contribution is -0.145. The van der Waals surface area contributed by atoms with Crippen LogP contribution in [-0.2, 0) is 9.53 Å². The van der Waals surface area contributed by atoms with Crippen molar-refractivity contribution in [3.8, 4) is 0 Å². The molecule has 0 amide bonds. The summed E-state index contributed by atoms with van der Waals surface area (Å²) in [5.74, 6) is -0.316. The first kappa shape index (κ1) is 16.4. The quantitative estimate of drug-likeness (QED) is 0.692. The lowest BCUT2D eigenvalue weighted by Gasteiger charge is -2.37. The Morgan fingerprint density at radius 1 is 1.42 bits per heavy atom. The van der Waals surface area contributed by atoms with Crippen LogP contribution >= 0.6 is 0 Å². The van der Waals surface area contributed by atoms with Gasteiger partial charge in [0, 0.05) is 12.6 Å². The number of carbonyl (C=O) groups is 1. The summed E-state index contributed by atoms with van der Waals surface area (Å²) in [6, 6.07) is 0.514. The van der Waals surface area contributed by atoms with Gasteiger partial charge >= 0.3 is 5.97 Å². The van der Waals surface area contributed by atoms with Gasteiger partial charge in [-0.25, -0.2) is 0 Å². The summed E-state index contributed by atoms with van der Waals surface area (Å²) in [6.07, 6.45) is 1.73. The van der Waals surface area contributed by atoms with E-state index in [1.165, 1.54) is 0 Å². The number of esters is 1. The zero-order chi connectivity index (χ0) is 14.3. The highest BCUT2D eigenvalue weighted by Gasteiger charge is 2.23. The number of aliphatic hydroxyl groups is 1. The second kappa shape index (κ2) is 8.51. The highest BCUT2D eigenvalue weighted by Crippen LogP contribution is 2.15. The molecule has 0 aliphatic carbocycles. The summed E-state index contributed by atoms with van der Waals surface area (Å²) >= 11 is 0. The molecule has 0 aromatic heterocycles. The molecule has 1 heterocycles. The summed E-state index contributed by atoms with van der Waals surface area (Å²) in [5.41, 5.74) is 0. The van der Waals surface area contributed by atoms with Gasteiger partial charge in [-0.1, -0.05) is 6.92 Å². The van der Waals surface area contributed by atoms with E-state index < -0.39 is 6.10 Å². The number of likely N-dealkylation sites (tertiary alicyclic amines) is 1. The molecule has 1 rings (SSSR count). The minimum atomic E-state index is -0.631. The predicted molar refractivity (Wildman–Crippen MR) is 75.0 cm³/mol. The Morgan fingerprint density at radius 3 is 2.58 bits per heavy atom. The number of piperidine rings is 1. The minimum Gasteiger partial charge on any atom is -0.466 e. The molecular weight excluding hydrogens is 244 g/mol. The van der Waals surface area contributed by atoms with Crippen molar-refractivity contribution < 1.29 is 14.6 Å². The molecule has 5 heteroatoms. The van der Waals surface area contributed by atoms with Crippen LogP contribution in [0.1, 0.15) is 33.1 Å². The number of aliphatic hydroxyl groups excluding tert-OH is 1. The van der Waals surface area contributed by atoms with E-state index in [1.807, 2.05) is 7.05 Å². The maximum Gasteiger partial charge on any atom is 0.308 e. The Bertz CT molecular complexity index is 265. The van der Waals surface area contributed by atoms with Gasteiger partial charge in [0.1, 0.15) is 0 Å². The van der Waals surface area contributed by atoms with Gasteiger partial charge in [0.25, 0.3) is 0 Å². The van der Waals surface area contributed by atoms with Crippen molar-refractivity contribution in [2.45, 2.75) is 45.3 Å². The van der Waals surface area contributed by atoms with E-state index in [9.17, 15) is 9.90 Å². The van der Waals surface area contributed by atoms with Crippen LogP contribution in [-0.4, -0.2) is 72.9 Å². The van der Waals surface area contributed by atoms with Crippen molar-refractivity contribution in [1.82, 2.24) is 9.80 Å². The van der Waals surface area contributed by atoms with Crippen LogP contribution in [0.3, 0.4) is 0 Å². The van der Waals surface area contributed by atoms with E-state index >= 15 is 0 Å². The van der Waals surface area contributed by atoms with Gasteiger partial charge in [0.15, 0.2) is 0 Å². The molecule has 0 aromatic carbocycles. The summed E-state index contributed by atoms with van der Waals surface area (Å²) in [7, 11) is 2.03. The van der Waals surface area contributed by atoms with E-state index in [-0.39, 0.29) is 12.4 Å². The van der Waals surface area contributed by atoms with E-state index in [1.54, 1.807) is 6.92 Å². The fraction of sp³-hybridized carbons (Fsp3) is 0.929. The number of likely N-dealkylation sites (N-methyl/N-ethyl adjacent to an activating group) is 1. The van der Waals surface area contributed by atoms with Crippen molar-refractivity contribution in [1.29, 1.82) is 0 Å². The standard InChI is InChI=1S/C14H28N2O3/c1-4-16-8-6-12(7-9-16)15(3)11-13(17)10-14(18)19-5-2/h12-13,17H,4-11H2,1-3H3. The first-order chi connectivity index (χ1) is 9.06. The van der Waals surface area contributed by atoms with Crippen LogP contribution in [0.5, 0.6) is 0 Å². The number of carbonyl (C=O) groups excluding carboxylic acids is 1. The molecule has 0 aromatic rings. The minimum absolute atomic E-state index is 0.0893. The van der Waals surface area contributed by atoms with Crippen molar-refractivity contribution in [2.24, 2.45) is 0 Å². The predicted octanol–water partition coefficient (Wildman–Crippen LogP) is 0.717. The van der Waals surface area contributed by atoms with Crippen LogP contribution in [0.25, 0.3) is 0 Å². The molecule has 0 spiro atoms. The molecule has 1 atom stereocenters. The van der Waals surface area contributed by atoms with Gasteiger partial charge in [0.05, 0.1) is 19.1 Å². The lowest BCUT2D eigenvalue weighted by Crippen LogP contribution is -2.45. The average Bonchev–Trinajstić information content (AvgIpc) is 2.38. The summed E-state index contributed by atoms with van der Waals surface area (Å²) in [5, 5.41) is 9.89. The zero-order valence-electron chi connectivity index (χ0n) is 12.5. The summed E-state index contributed by atoms with van der Waals surface area (Å²) in [4.78, 5) is 15.9.